The summed E-state index contributed by atoms with van der Waals surface area (Å²) in [7, 11) is 0. The fourth-order valence-corrected chi connectivity index (χ4v) is 1.97. The number of esters is 1. The van der Waals surface area contributed by atoms with Crippen LogP contribution in [0.4, 0.5) is 0 Å². The molecule has 2 aromatic rings. The van der Waals surface area contributed by atoms with Crippen LogP contribution in [0, 0.1) is 0 Å². The van der Waals surface area contributed by atoms with Gasteiger partial charge in [0.1, 0.15) is 0 Å². The number of H-pyrrole nitrogens is 1. The van der Waals surface area contributed by atoms with Gasteiger partial charge in [-0.1, -0.05) is 18.2 Å². The lowest BCUT2D eigenvalue weighted by Gasteiger charge is -2.13. The largest absolute Gasteiger partial charge is 0.449 e. The van der Waals surface area contributed by atoms with Gasteiger partial charge in [-0.15, -0.1) is 0 Å². The van der Waals surface area contributed by atoms with Crippen LogP contribution >= 0.6 is 0 Å². The van der Waals surface area contributed by atoms with Crippen molar-refractivity contribution in [2.24, 2.45) is 0 Å². The molecule has 6 heteroatoms. The number of carbonyl (C=O) groups excluding carboxylic acids is 2. The molecule has 0 spiro atoms. The van der Waals surface area contributed by atoms with Gasteiger partial charge in [0.25, 0.3) is 5.91 Å². The van der Waals surface area contributed by atoms with Crippen LogP contribution in [-0.4, -0.2) is 29.5 Å². The van der Waals surface area contributed by atoms with Crippen LogP contribution in [-0.2, 0) is 9.53 Å². The van der Waals surface area contributed by atoms with Crippen molar-refractivity contribution in [3.8, 4) is 0 Å². The first kappa shape index (κ1) is 14.8. The summed E-state index contributed by atoms with van der Waals surface area (Å²) < 4.78 is 5.11. The Hall–Kier alpha value is -2.63. The fourth-order valence-electron chi connectivity index (χ4n) is 1.97. The number of benzene rings is 1. The Labute approximate surface area is 121 Å². The molecule has 0 unspecified atom stereocenters. The Morgan fingerprint density at radius 1 is 1.33 bits per heavy atom. The summed E-state index contributed by atoms with van der Waals surface area (Å²) in [6.45, 7) is 3.71. The number of pyridine rings is 1. The second-order valence-electron chi connectivity index (χ2n) is 4.53. The van der Waals surface area contributed by atoms with Gasteiger partial charge < -0.3 is 15.0 Å². The van der Waals surface area contributed by atoms with Crippen molar-refractivity contribution in [2.45, 2.75) is 20.0 Å². The van der Waals surface area contributed by atoms with Gasteiger partial charge in [0.05, 0.1) is 5.56 Å². The fraction of sp³-hybridized carbons (Fsp3) is 0.267. The number of aromatic amines is 1. The molecule has 110 valence electrons. The number of nitrogens with one attached hydrogen (secondary N) is 2. The van der Waals surface area contributed by atoms with Gasteiger partial charge in [-0.05, 0) is 19.9 Å². The Morgan fingerprint density at radius 2 is 2.05 bits per heavy atom. The second kappa shape index (κ2) is 6.21. The lowest BCUT2D eigenvalue weighted by Crippen LogP contribution is -2.35. The van der Waals surface area contributed by atoms with E-state index in [0.717, 1.165) is 0 Å². The number of hydrogen-bond acceptors (Lipinski definition) is 4. The van der Waals surface area contributed by atoms with Gasteiger partial charge in [-0.25, -0.2) is 4.79 Å². The number of aromatic nitrogens is 1. The van der Waals surface area contributed by atoms with Gasteiger partial charge in [0.15, 0.2) is 6.10 Å². The van der Waals surface area contributed by atoms with Gasteiger partial charge in [0.2, 0.25) is 5.56 Å². The molecule has 1 amide bonds. The minimum Gasteiger partial charge on any atom is -0.449 e. The lowest BCUT2D eigenvalue weighted by molar-refractivity contribution is -0.128. The molecule has 2 rings (SSSR count). The number of carbonyl (C=O) groups is 2. The maximum atomic E-state index is 12.2. The van der Waals surface area contributed by atoms with Gasteiger partial charge in [-0.2, -0.15) is 0 Å². The highest BCUT2D eigenvalue weighted by molar-refractivity contribution is 6.03. The molecule has 0 bridgehead atoms. The Bertz CT molecular complexity index is 736. The zero-order valence-electron chi connectivity index (χ0n) is 11.8. The predicted octanol–water partition coefficient (Wildman–Crippen LogP) is 1.21. The maximum absolute atomic E-state index is 12.2. The first-order valence-electron chi connectivity index (χ1n) is 6.63. The molecule has 1 aromatic carbocycles. The standard InChI is InChI=1S/C15H16N2O4/c1-3-16-14(19)9(2)21-15(20)11-8-13(18)17-12-7-5-4-6-10(11)12/h4-9H,3H2,1-2H3,(H,16,19)(H,17,18)/t9-/m1/s1. The average Bonchev–Trinajstić information content (AvgIpc) is 2.46. The predicted molar refractivity (Wildman–Crippen MR) is 78.1 cm³/mol. The molecule has 0 aliphatic heterocycles. The smallest absolute Gasteiger partial charge is 0.339 e. The third kappa shape index (κ3) is 3.28. The molecule has 0 saturated heterocycles. The van der Waals surface area contributed by atoms with Crippen molar-refractivity contribution in [3.05, 3.63) is 46.2 Å². The Balaban J connectivity index is 2.31. The molecule has 0 radical (unpaired) electrons. The molecular formula is C15H16N2O4. The van der Waals surface area contributed by atoms with Gasteiger partial charge >= 0.3 is 5.97 Å². The van der Waals surface area contributed by atoms with Crippen molar-refractivity contribution >= 4 is 22.8 Å². The number of para-hydroxylation sites is 1. The second-order valence-corrected chi connectivity index (χ2v) is 4.53. The molecular weight excluding hydrogens is 272 g/mol. The molecule has 2 N–H and O–H groups in total. The minimum atomic E-state index is -0.921. The normalized spacial score (nSPS) is 11.9. The van der Waals surface area contributed by atoms with E-state index in [1.54, 1.807) is 31.2 Å². The van der Waals surface area contributed by atoms with E-state index in [1.807, 2.05) is 0 Å². The van der Waals surface area contributed by atoms with Crippen molar-refractivity contribution in [1.82, 2.24) is 10.3 Å². The van der Waals surface area contributed by atoms with Crippen LogP contribution in [0.2, 0.25) is 0 Å². The van der Waals surface area contributed by atoms with E-state index in [1.165, 1.54) is 13.0 Å². The molecule has 0 aliphatic carbocycles. The summed E-state index contributed by atoms with van der Waals surface area (Å²) in [4.78, 5) is 38.0. The number of fused-ring (bicyclic) bond motifs is 1. The van der Waals surface area contributed by atoms with E-state index in [2.05, 4.69) is 10.3 Å². The van der Waals surface area contributed by atoms with E-state index in [4.69, 9.17) is 4.74 Å². The molecule has 0 aliphatic rings. The van der Waals surface area contributed by atoms with E-state index in [0.29, 0.717) is 17.4 Å². The molecule has 6 nitrogen and oxygen atoms in total. The SMILES string of the molecule is CCNC(=O)[C@@H](C)OC(=O)c1cc(=O)[nH]c2ccccc12. The molecule has 21 heavy (non-hydrogen) atoms. The summed E-state index contributed by atoms with van der Waals surface area (Å²) in [5, 5.41) is 3.14. The number of ether oxygens (including phenoxy) is 1. The van der Waals surface area contributed by atoms with E-state index in [-0.39, 0.29) is 11.5 Å². The van der Waals surface area contributed by atoms with Crippen LogP contribution in [0.5, 0.6) is 0 Å². The molecule has 1 aromatic heterocycles. The van der Waals surface area contributed by atoms with E-state index < -0.39 is 17.6 Å². The summed E-state index contributed by atoms with van der Waals surface area (Å²) >= 11 is 0. The van der Waals surface area contributed by atoms with Crippen LogP contribution in [0.1, 0.15) is 24.2 Å². The third-order valence-electron chi connectivity index (χ3n) is 2.97. The quantitative estimate of drug-likeness (QED) is 0.828. The number of amides is 1. The Kier molecular flexibility index (Phi) is 4.37. The highest BCUT2D eigenvalue weighted by Gasteiger charge is 2.20. The highest BCUT2D eigenvalue weighted by atomic mass is 16.5. The monoisotopic (exact) mass is 288 g/mol. The topological polar surface area (TPSA) is 88.3 Å². The number of likely N-dealkylation sites (N-methyl/N-ethyl adjacent to an activating group) is 1. The van der Waals surface area contributed by atoms with Gasteiger partial charge in [-0.3, -0.25) is 9.59 Å². The average molecular weight is 288 g/mol. The number of rotatable bonds is 4. The zero-order valence-corrected chi connectivity index (χ0v) is 11.8. The van der Waals surface area contributed by atoms with Gasteiger partial charge in [0, 0.05) is 23.5 Å². The maximum Gasteiger partial charge on any atom is 0.339 e. The highest BCUT2D eigenvalue weighted by Crippen LogP contribution is 2.16. The van der Waals surface area contributed by atoms with Crippen molar-refractivity contribution in [3.63, 3.8) is 0 Å². The third-order valence-corrected chi connectivity index (χ3v) is 2.97. The van der Waals surface area contributed by atoms with Crippen LogP contribution in [0.25, 0.3) is 10.9 Å². The summed E-state index contributed by atoms with van der Waals surface area (Å²) in [6.07, 6.45) is -0.921. The number of hydrogen-bond donors (Lipinski definition) is 2. The molecule has 0 fully saturated rings. The van der Waals surface area contributed by atoms with Crippen molar-refractivity contribution in [1.29, 1.82) is 0 Å². The van der Waals surface area contributed by atoms with Crippen molar-refractivity contribution in [2.75, 3.05) is 6.54 Å². The first-order valence-corrected chi connectivity index (χ1v) is 6.63. The minimum absolute atomic E-state index is 0.144. The molecule has 1 atom stereocenters. The van der Waals surface area contributed by atoms with E-state index in [9.17, 15) is 14.4 Å². The van der Waals surface area contributed by atoms with E-state index >= 15 is 0 Å². The Morgan fingerprint density at radius 3 is 2.76 bits per heavy atom. The summed E-state index contributed by atoms with van der Waals surface area (Å²) in [6, 6.07) is 8.09. The molecule has 1 heterocycles. The van der Waals surface area contributed by atoms with Crippen LogP contribution in [0.3, 0.4) is 0 Å². The zero-order chi connectivity index (χ0) is 15.4. The summed E-state index contributed by atoms with van der Waals surface area (Å²) in [5.74, 6) is -1.07. The first-order chi connectivity index (χ1) is 10.0. The van der Waals surface area contributed by atoms with Crippen LogP contribution < -0.4 is 10.9 Å². The van der Waals surface area contributed by atoms with Crippen molar-refractivity contribution < 1.29 is 14.3 Å². The molecule has 0 saturated carbocycles. The summed E-state index contributed by atoms with van der Waals surface area (Å²) in [5.41, 5.74) is 0.291. The lowest BCUT2D eigenvalue weighted by atomic mass is 10.1. The van der Waals surface area contributed by atoms with Crippen LogP contribution in [0.15, 0.2) is 35.1 Å².